The number of hydrogen-bond donors (Lipinski definition) is 3. The van der Waals surface area contributed by atoms with E-state index in [1.165, 1.54) is 12.8 Å². The van der Waals surface area contributed by atoms with E-state index in [1.807, 2.05) is 30.0 Å². The van der Waals surface area contributed by atoms with Crippen molar-refractivity contribution in [2.75, 3.05) is 40.0 Å². The Morgan fingerprint density at radius 2 is 2.03 bits per heavy atom. The van der Waals surface area contributed by atoms with Crippen molar-refractivity contribution in [2.45, 2.75) is 51.6 Å². The highest BCUT2D eigenvalue weighted by Gasteiger charge is 2.32. The van der Waals surface area contributed by atoms with Gasteiger partial charge in [0, 0.05) is 31.6 Å². The van der Waals surface area contributed by atoms with E-state index in [0.717, 1.165) is 50.4 Å². The molecular weight excluding hydrogens is 523 g/mol. The molecule has 8 nitrogen and oxygen atoms in total. The lowest BCUT2D eigenvalue weighted by Crippen LogP contribution is -2.45. The number of benzene rings is 1. The summed E-state index contributed by atoms with van der Waals surface area (Å²) in [5.41, 5.74) is 0.995. The Kier molecular flexibility index (Phi) is 11.4. The van der Waals surface area contributed by atoms with Crippen LogP contribution in [0.5, 0.6) is 11.5 Å². The minimum absolute atomic E-state index is 0. The van der Waals surface area contributed by atoms with Gasteiger partial charge in [-0.2, -0.15) is 0 Å². The maximum Gasteiger partial charge on any atom is 0.225 e. The van der Waals surface area contributed by atoms with Crippen molar-refractivity contribution in [3.63, 3.8) is 0 Å². The highest BCUT2D eigenvalue weighted by molar-refractivity contribution is 14.0. The average molecular weight is 560 g/mol. The van der Waals surface area contributed by atoms with E-state index in [1.54, 1.807) is 7.11 Å². The minimum atomic E-state index is -0.0439. The van der Waals surface area contributed by atoms with E-state index < -0.39 is 0 Å². The number of carbonyl (C=O) groups is 1. The molecule has 32 heavy (non-hydrogen) atoms. The molecule has 3 rings (SSSR count). The van der Waals surface area contributed by atoms with Crippen LogP contribution >= 0.6 is 24.0 Å². The van der Waals surface area contributed by atoms with Crippen LogP contribution < -0.4 is 20.1 Å². The Balaban J connectivity index is 0.00000363. The van der Waals surface area contributed by atoms with Gasteiger partial charge < -0.3 is 30.1 Å². The second-order valence-electron chi connectivity index (χ2n) is 8.15. The van der Waals surface area contributed by atoms with Crippen LogP contribution in [0.4, 0.5) is 0 Å². The fraction of sp³-hybridized carbons (Fsp3) is 0.652. The number of amides is 1. The third-order valence-electron chi connectivity index (χ3n) is 5.89. The van der Waals surface area contributed by atoms with E-state index in [-0.39, 0.29) is 49.2 Å². The minimum Gasteiger partial charge on any atom is -0.493 e. The zero-order valence-corrected chi connectivity index (χ0v) is 21.5. The topological polar surface area (TPSA) is 95.4 Å². The molecule has 1 saturated carbocycles. The van der Waals surface area contributed by atoms with E-state index in [2.05, 4.69) is 10.6 Å². The first-order chi connectivity index (χ1) is 15.1. The Morgan fingerprint density at radius 3 is 2.72 bits per heavy atom. The Morgan fingerprint density at radius 1 is 1.25 bits per heavy atom. The molecule has 180 valence electrons. The molecule has 0 radical (unpaired) electrons. The van der Waals surface area contributed by atoms with Crippen molar-refractivity contribution in [3.8, 4) is 11.5 Å². The Labute approximate surface area is 208 Å². The highest BCUT2D eigenvalue weighted by Crippen LogP contribution is 2.29. The van der Waals surface area contributed by atoms with Gasteiger partial charge in [0.25, 0.3) is 0 Å². The number of likely N-dealkylation sites (tertiary alicyclic amines) is 1. The van der Waals surface area contributed by atoms with Crippen LogP contribution in [0, 0.1) is 5.92 Å². The fourth-order valence-electron chi connectivity index (χ4n) is 4.28. The van der Waals surface area contributed by atoms with Crippen molar-refractivity contribution in [1.82, 2.24) is 15.5 Å². The molecule has 0 aromatic heterocycles. The number of halogens is 1. The fourth-order valence-corrected chi connectivity index (χ4v) is 4.28. The van der Waals surface area contributed by atoms with Crippen LogP contribution in [0.3, 0.4) is 0 Å². The van der Waals surface area contributed by atoms with E-state index in [4.69, 9.17) is 19.6 Å². The first-order valence-electron chi connectivity index (χ1n) is 11.4. The van der Waals surface area contributed by atoms with Crippen LogP contribution in [0.25, 0.3) is 0 Å². The molecule has 1 atom stereocenters. The highest BCUT2D eigenvalue weighted by atomic mass is 127. The molecular formula is C23H37IN4O4. The van der Waals surface area contributed by atoms with Gasteiger partial charge in [-0.05, 0) is 43.9 Å². The van der Waals surface area contributed by atoms with Gasteiger partial charge in [-0.1, -0.05) is 18.9 Å². The maximum absolute atomic E-state index is 12.7. The number of guanidine groups is 1. The van der Waals surface area contributed by atoms with Gasteiger partial charge in [-0.3, -0.25) is 4.79 Å². The summed E-state index contributed by atoms with van der Waals surface area (Å²) in [6, 6.07) is 5.90. The van der Waals surface area contributed by atoms with Gasteiger partial charge in [0.2, 0.25) is 5.91 Å². The second-order valence-corrected chi connectivity index (χ2v) is 8.15. The normalized spacial score (nSPS) is 18.9. The molecule has 2 aliphatic rings. The molecule has 1 aliphatic carbocycles. The molecule has 1 aromatic rings. The number of carbonyl (C=O) groups excluding carboxylic acids is 1. The molecule has 1 aromatic carbocycles. The number of hydrogen-bond acceptors (Lipinski definition) is 5. The second kappa shape index (κ2) is 13.7. The molecule has 1 heterocycles. The van der Waals surface area contributed by atoms with Crippen LogP contribution in [0.2, 0.25) is 0 Å². The molecule has 2 fully saturated rings. The van der Waals surface area contributed by atoms with Crippen LogP contribution in [-0.2, 0) is 11.3 Å². The summed E-state index contributed by atoms with van der Waals surface area (Å²) in [4.78, 5) is 19.4. The average Bonchev–Trinajstić information content (AvgIpc) is 3.48. The zero-order valence-electron chi connectivity index (χ0n) is 19.1. The smallest absolute Gasteiger partial charge is 0.225 e. The van der Waals surface area contributed by atoms with Gasteiger partial charge in [-0.15, -0.1) is 24.0 Å². The number of aliphatic hydroxyl groups is 1. The van der Waals surface area contributed by atoms with E-state index >= 15 is 0 Å². The molecule has 1 aliphatic heterocycles. The number of aliphatic hydroxyl groups excluding tert-OH is 1. The van der Waals surface area contributed by atoms with Gasteiger partial charge in [-0.25, -0.2) is 4.99 Å². The van der Waals surface area contributed by atoms with Crippen molar-refractivity contribution < 1.29 is 19.4 Å². The lowest BCUT2D eigenvalue weighted by molar-refractivity contribution is -0.134. The standard InChI is InChI=1S/C23H36N4O4.HI/c1-3-24-23(25-15-17-8-9-20(31-13-12-28)21(14-17)30-2)26-19-10-11-27(16-19)22(29)18-6-4-5-7-18;/h8-9,14,18-19,28H,3-7,10-13,15-16H2,1-2H3,(H2,24,25,26);1H. The summed E-state index contributed by atoms with van der Waals surface area (Å²) in [6.07, 6.45) is 5.40. The summed E-state index contributed by atoms with van der Waals surface area (Å²) in [5, 5.41) is 15.7. The molecule has 1 saturated heterocycles. The van der Waals surface area contributed by atoms with Crippen LogP contribution in [-0.4, -0.2) is 67.9 Å². The largest absolute Gasteiger partial charge is 0.493 e. The first-order valence-corrected chi connectivity index (χ1v) is 11.4. The molecule has 9 heteroatoms. The lowest BCUT2D eigenvalue weighted by atomic mass is 10.1. The summed E-state index contributed by atoms with van der Waals surface area (Å²) >= 11 is 0. The SMILES string of the molecule is CCNC(=NCc1ccc(OCCO)c(OC)c1)NC1CCN(C(=O)C2CCCC2)C1.I. The van der Waals surface area contributed by atoms with E-state index in [0.29, 0.717) is 24.0 Å². The molecule has 1 unspecified atom stereocenters. The lowest BCUT2D eigenvalue weighted by Gasteiger charge is -2.21. The number of methoxy groups -OCH3 is 1. The molecule has 0 bridgehead atoms. The number of nitrogens with one attached hydrogen (secondary N) is 2. The predicted molar refractivity (Wildman–Crippen MR) is 136 cm³/mol. The first kappa shape index (κ1) is 26.5. The number of aliphatic imine (C=N–C) groups is 1. The maximum atomic E-state index is 12.7. The van der Waals surface area contributed by atoms with Gasteiger partial charge >= 0.3 is 0 Å². The number of ether oxygens (including phenoxy) is 2. The monoisotopic (exact) mass is 560 g/mol. The van der Waals surface area contributed by atoms with Crippen LogP contribution in [0.1, 0.15) is 44.6 Å². The third kappa shape index (κ3) is 7.40. The van der Waals surface area contributed by atoms with Crippen molar-refractivity contribution >= 4 is 35.8 Å². The Bertz CT molecular complexity index is 756. The number of rotatable bonds is 9. The zero-order chi connectivity index (χ0) is 22.1. The summed E-state index contributed by atoms with van der Waals surface area (Å²) in [6.45, 7) is 5.03. The van der Waals surface area contributed by atoms with Gasteiger partial charge in [0.15, 0.2) is 17.5 Å². The summed E-state index contributed by atoms with van der Waals surface area (Å²) in [5.74, 6) is 2.55. The molecule has 3 N–H and O–H groups in total. The quantitative estimate of drug-likeness (QED) is 0.244. The summed E-state index contributed by atoms with van der Waals surface area (Å²) in [7, 11) is 1.60. The summed E-state index contributed by atoms with van der Waals surface area (Å²) < 4.78 is 10.9. The van der Waals surface area contributed by atoms with Crippen molar-refractivity contribution in [3.05, 3.63) is 23.8 Å². The predicted octanol–water partition coefficient (Wildman–Crippen LogP) is 2.53. The Hall–Kier alpha value is -1.75. The molecule has 0 spiro atoms. The van der Waals surface area contributed by atoms with Crippen LogP contribution in [0.15, 0.2) is 23.2 Å². The molecule has 1 amide bonds. The van der Waals surface area contributed by atoms with Gasteiger partial charge in [0.1, 0.15) is 6.61 Å². The van der Waals surface area contributed by atoms with Crippen molar-refractivity contribution in [2.24, 2.45) is 10.9 Å². The third-order valence-corrected chi connectivity index (χ3v) is 5.89. The van der Waals surface area contributed by atoms with E-state index in [9.17, 15) is 4.79 Å². The van der Waals surface area contributed by atoms with Crippen molar-refractivity contribution in [1.29, 1.82) is 0 Å². The number of nitrogens with zero attached hydrogens (tertiary/aromatic N) is 2. The van der Waals surface area contributed by atoms with Gasteiger partial charge in [0.05, 0.1) is 20.3 Å².